The molecule has 2 amide bonds. The molecule has 0 radical (unpaired) electrons. The summed E-state index contributed by atoms with van der Waals surface area (Å²) in [6, 6.07) is 2.18. The fraction of sp³-hybridized carbons (Fsp3) is 0.429. The van der Waals surface area contributed by atoms with Crippen molar-refractivity contribution in [1.29, 1.82) is 0 Å². The normalized spacial score (nSPS) is 11.9. The Morgan fingerprint density at radius 3 is 2.10 bits per heavy atom. The molecule has 7 heteroatoms. The van der Waals surface area contributed by atoms with E-state index in [1.54, 1.807) is 13.8 Å². The van der Waals surface area contributed by atoms with Gasteiger partial charge in [0.25, 0.3) is 5.91 Å². The van der Waals surface area contributed by atoms with Crippen molar-refractivity contribution in [2.45, 2.75) is 19.9 Å². The third-order valence-electron chi connectivity index (χ3n) is 3.06. The third kappa shape index (κ3) is 3.77. The van der Waals surface area contributed by atoms with Crippen LogP contribution in [0.3, 0.4) is 0 Å². The summed E-state index contributed by atoms with van der Waals surface area (Å²) in [6.45, 7) is 3.57. The predicted octanol–water partition coefficient (Wildman–Crippen LogP) is 0.526. The third-order valence-corrected chi connectivity index (χ3v) is 3.06. The van der Waals surface area contributed by atoms with Crippen molar-refractivity contribution in [2.24, 2.45) is 11.7 Å². The van der Waals surface area contributed by atoms with Crippen LogP contribution in [0.5, 0.6) is 11.5 Å². The summed E-state index contributed by atoms with van der Waals surface area (Å²) in [5.74, 6) is -0.435. The van der Waals surface area contributed by atoms with Crippen molar-refractivity contribution in [2.75, 3.05) is 20.0 Å². The van der Waals surface area contributed by atoms with Crippen LogP contribution in [0.2, 0.25) is 0 Å². The fourth-order valence-corrected chi connectivity index (χ4v) is 1.88. The number of ether oxygens (including phenoxy) is 2. The summed E-state index contributed by atoms with van der Waals surface area (Å²) in [7, 11) is 2.93. The number of carbonyl (C=O) groups excluding carboxylic acids is 2. The van der Waals surface area contributed by atoms with E-state index in [0.717, 1.165) is 0 Å². The number of hydrogen-bond donors (Lipinski definition) is 3. The van der Waals surface area contributed by atoms with Crippen LogP contribution in [0, 0.1) is 5.92 Å². The highest BCUT2D eigenvalue weighted by atomic mass is 16.5. The largest absolute Gasteiger partial charge is 0.493 e. The summed E-state index contributed by atoms with van der Waals surface area (Å²) in [5.41, 5.74) is 11.5. The van der Waals surface area contributed by atoms with Crippen LogP contribution in [0.15, 0.2) is 12.1 Å². The molecule has 1 atom stereocenters. The number of nitrogens with one attached hydrogen (secondary N) is 1. The Bertz CT molecular complexity index is 543. The van der Waals surface area contributed by atoms with Crippen molar-refractivity contribution in [3.05, 3.63) is 17.7 Å². The van der Waals surface area contributed by atoms with Gasteiger partial charge < -0.3 is 26.3 Å². The molecule has 0 aliphatic rings. The fourth-order valence-electron chi connectivity index (χ4n) is 1.88. The zero-order chi connectivity index (χ0) is 16.2. The highest BCUT2D eigenvalue weighted by Gasteiger charge is 2.24. The molecule has 7 nitrogen and oxygen atoms in total. The SMILES string of the molecule is COc1cc(N)c(C(=O)NC(C(N)=O)C(C)C)cc1OC. The minimum Gasteiger partial charge on any atom is -0.493 e. The molecule has 0 aromatic heterocycles. The smallest absolute Gasteiger partial charge is 0.254 e. The van der Waals surface area contributed by atoms with Crippen molar-refractivity contribution in [1.82, 2.24) is 5.32 Å². The summed E-state index contributed by atoms with van der Waals surface area (Å²) >= 11 is 0. The summed E-state index contributed by atoms with van der Waals surface area (Å²) < 4.78 is 10.2. The number of anilines is 1. The first kappa shape index (κ1) is 16.6. The second-order valence-electron chi connectivity index (χ2n) is 4.89. The van der Waals surface area contributed by atoms with E-state index in [4.69, 9.17) is 20.9 Å². The number of benzene rings is 1. The van der Waals surface area contributed by atoms with Crippen LogP contribution in [0.4, 0.5) is 5.69 Å². The lowest BCUT2D eigenvalue weighted by Crippen LogP contribution is -2.47. The molecule has 1 unspecified atom stereocenters. The molecule has 0 aliphatic carbocycles. The Balaban J connectivity index is 3.10. The van der Waals surface area contributed by atoms with Gasteiger partial charge in [-0.05, 0) is 12.0 Å². The molecular weight excluding hydrogens is 274 g/mol. The molecule has 0 saturated carbocycles. The van der Waals surface area contributed by atoms with Gasteiger partial charge in [-0.1, -0.05) is 13.8 Å². The molecule has 0 aliphatic heterocycles. The zero-order valence-electron chi connectivity index (χ0n) is 12.6. The molecule has 0 saturated heterocycles. The lowest BCUT2D eigenvalue weighted by Gasteiger charge is -2.20. The van der Waals surface area contributed by atoms with Gasteiger partial charge in [0, 0.05) is 11.8 Å². The van der Waals surface area contributed by atoms with Gasteiger partial charge in [-0.25, -0.2) is 0 Å². The molecule has 0 heterocycles. The lowest BCUT2D eigenvalue weighted by atomic mass is 10.0. The van der Waals surface area contributed by atoms with E-state index in [1.165, 1.54) is 26.4 Å². The number of hydrogen-bond acceptors (Lipinski definition) is 5. The Labute approximate surface area is 123 Å². The van der Waals surface area contributed by atoms with Gasteiger partial charge in [0.05, 0.1) is 19.8 Å². The highest BCUT2D eigenvalue weighted by molar-refractivity contribution is 6.02. The molecule has 1 aromatic rings. The van der Waals surface area contributed by atoms with Crippen LogP contribution in [-0.2, 0) is 4.79 Å². The summed E-state index contributed by atoms with van der Waals surface area (Å²) in [6.07, 6.45) is 0. The highest BCUT2D eigenvalue weighted by Crippen LogP contribution is 2.31. The topological polar surface area (TPSA) is 117 Å². The number of nitrogen functional groups attached to an aromatic ring is 1. The van der Waals surface area contributed by atoms with E-state index in [9.17, 15) is 9.59 Å². The van der Waals surface area contributed by atoms with Gasteiger partial charge in [0.2, 0.25) is 5.91 Å². The van der Waals surface area contributed by atoms with Gasteiger partial charge in [0.1, 0.15) is 6.04 Å². The van der Waals surface area contributed by atoms with Crippen LogP contribution in [0.25, 0.3) is 0 Å². The molecule has 0 bridgehead atoms. The number of amides is 2. The lowest BCUT2D eigenvalue weighted by molar-refractivity contribution is -0.120. The quantitative estimate of drug-likeness (QED) is 0.662. The first-order chi connectivity index (χ1) is 9.81. The Hall–Kier alpha value is -2.44. The van der Waals surface area contributed by atoms with Gasteiger partial charge in [-0.2, -0.15) is 0 Å². The maximum Gasteiger partial charge on any atom is 0.254 e. The maximum absolute atomic E-state index is 12.3. The Morgan fingerprint density at radius 2 is 1.67 bits per heavy atom. The van der Waals surface area contributed by atoms with Crippen molar-refractivity contribution in [3.63, 3.8) is 0 Å². The second kappa shape index (κ2) is 6.83. The first-order valence-corrected chi connectivity index (χ1v) is 6.43. The van der Waals surface area contributed by atoms with Crippen molar-refractivity contribution < 1.29 is 19.1 Å². The van der Waals surface area contributed by atoms with Gasteiger partial charge in [0.15, 0.2) is 11.5 Å². The number of carbonyl (C=O) groups is 2. The molecule has 1 aromatic carbocycles. The van der Waals surface area contributed by atoms with Crippen LogP contribution < -0.4 is 26.3 Å². The molecule has 116 valence electrons. The average Bonchev–Trinajstić information content (AvgIpc) is 2.43. The van der Waals surface area contributed by atoms with Crippen LogP contribution in [0.1, 0.15) is 24.2 Å². The minimum absolute atomic E-state index is 0.132. The molecule has 1 rings (SSSR count). The molecule has 5 N–H and O–H groups in total. The van der Waals surface area contributed by atoms with E-state index in [0.29, 0.717) is 11.5 Å². The Kier molecular flexibility index (Phi) is 5.40. The standard InChI is InChI=1S/C14H21N3O4/c1-7(2)12(13(16)18)17-14(19)8-5-10(20-3)11(21-4)6-9(8)15/h5-7,12H,15H2,1-4H3,(H2,16,18)(H,17,19). The van der Waals surface area contributed by atoms with E-state index >= 15 is 0 Å². The number of primary amides is 1. The van der Waals surface area contributed by atoms with E-state index in [1.807, 2.05) is 0 Å². The van der Waals surface area contributed by atoms with E-state index in [-0.39, 0.29) is 17.2 Å². The Morgan fingerprint density at radius 1 is 1.14 bits per heavy atom. The number of nitrogens with two attached hydrogens (primary N) is 2. The van der Waals surface area contributed by atoms with Gasteiger partial charge in [-0.15, -0.1) is 0 Å². The first-order valence-electron chi connectivity index (χ1n) is 6.43. The zero-order valence-corrected chi connectivity index (χ0v) is 12.6. The predicted molar refractivity (Wildman–Crippen MR) is 79.2 cm³/mol. The minimum atomic E-state index is -0.773. The number of methoxy groups -OCH3 is 2. The molecule has 0 spiro atoms. The molecule has 0 fully saturated rings. The average molecular weight is 295 g/mol. The van der Waals surface area contributed by atoms with E-state index in [2.05, 4.69) is 5.32 Å². The monoisotopic (exact) mass is 295 g/mol. The summed E-state index contributed by atoms with van der Waals surface area (Å²) in [4.78, 5) is 23.6. The van der Waals surface area contributed by atoms with Gasteiger partial charge >= 0.3 is 0 Å². The van der Waals surface area contributed by atoms with Crippen LogP contribution in [-0.4, -0.2) is 32.1 Å². The maximum atomic E-state index is 12.3. The molecule has 21 heavy (non-hydrogen) atoms. The summed E-state index contributed by atoms with van der Waals surface area (Å²) in [5, 5.41) is 2.57. The van der Waals surface area contributed by atoms with Crippen molar-refractivity contribution >= 4 is 17.5 Å². The van der Waals surface area contributed by atoms with Crippen molar-refractivity contribution in [3.8, 4) is 11.5 Å². The van der Waals surface area contributed by atoms with Crippen LogP contribution >= 0.6 is 0 Å². The number of rotatable bonds is 6. The second-order valence-corrected chi connectivity index (χ2v) is 4.89. The van der Waals surface area contributed by atoms with Gasteiger partial charge in [-0.3, -0.25) is 9.59 Å². The van der Waals surface area contributed by atoms with E-state index < -0.39 is 17.9 Å². The molecular formula is C14H21N3O4.